The molecule has 142 valence electrons. The Labute approximate surface area is 160 Å². The summed E-state index contributed by atoms with van der Waals surface area (Å²) in [5.41, 5.74) is 1.17. The number of hydrogen-bond donors (Lipinski definition) is 0. The third-order valence-electron chi connectivity index (χ3n) is 5.55. The van der Waals surface area contributed by atoms with Crippen LogP contribution in [0.2, 0.25) is 0 Å². The van der Waals surface area contributed by atoms with Crippen LogP contribution in [0.25, 0.3) is 0 Å². The molecule has 5 heteroatoms. The second kappa shape index (κ2) is 9.45. The Kier molecular flexibility index (Phi) is 7.00. The molecule has 2 aliphatic rings. The molecule has 26 heavy (non-hydrogen) atoms. The molecule has 1 aliphatic heterocycles. The zero-order valence-electron chi connectivity index (χ0n) is 15.6. The summed E-state index contributed by atoms with van der Waals surface area (Å²) >= 11 is 1.83. The van der Waals surface area contributed by atoms with Crippen LogP contribution in [0.4, 0.5) is 0 Å². The lowest BCUT2D eigenvalue weighted by Crippen LogP contribution is -2.37. The number of aryl methyl sites for hydroxylation is 1. The third kappa shape index (κ3) is 4.81. The van der Waals surface area contributed by atoms with E-state index in [1.165, 1.54) is 12.0 Å². The van der Waals surface area contributed by atoms with Crippen LogP contribution < -0.4 is 4.74 Å². The minimum absolute atomic E-state index is 0.0237. The van der Waals surface area contributed by atoms with Crippen LogP contribution in [0.15, 0.2) is 24.3 Å². The number of Topliss-reactive ketones (excluding diaryl/α,β-unsaturated/α-hetero) is 1. The predicted molar refractivity (Wildman–Crippen MR) is 105 cm³/mol. The number of amides is 1. The first-order valence-corrected chi connectivity index (χ1v) is 10.8. The molecule has 4 nitrogen and oxygen atoms in total. The fourth-order valence-corrected chi connectivity index (χ4v) is 5.32. The second-order valence-corrected chi connectivity index (χ2v) is 8.53. The van der Waals surface area contributed by atoms with Crippen molar-refractivity contribution in [3.8, 4) is 5.75 Å². The molecule has 0 aromatic heterocycles. The molecule has 1 amide bonds. The van der Waals surface area contributed by atoms with Crippen LogP contribution in [0.3, 0.4) is 0 Å². The summed E-state index contributed by atoms with van der Waals surface area (Å²) in [7, 11) is 1.69. The normalized spacial score (nSPS) is 21.0. The highest BCUT2D eigenvalue weighted by molar-refractivity contribution is 8.00. The maximum atomic E-state index is 12.7. The number of benzene rings is 1. The topological polar surface area (TPSA) is 46.6 Å². The van der Waals surface area contributed by atoms with Crippen molar-refractivity contribution in [2.75, 3.05) is 19.4 Å². The van der Waals surface area contributed by atoms with Crippen LogP contribution in [0.5, 0.6) is 5.75 Å². The molecule has 1 aliphatic carbocycles. The zero-order valence-corrected chi connectivity index (χ0v) is 16.4. The minimum atomic E-state index is 0.0237. The van der Waals surface area contributed by atoms with Gasteiger partial charge in [-0.2, -0.15) is 0 Å². The highest BCUT2D eigenvalue weighted by Gasteiger charge is 2.32. The fraction of sp³-hybridized carbons (Fsp3) is 0.619. The van der Waals surface area contributed by atoms with E-state index in [9.17, 15) is 9.59 Å². The number of ketones is 1. The van der Waals surface area contributed by atoms with E-state index in [-0.39, 0.29) is 29.4 Å². The van der Waals surface area contributed by atoms with Crippen LogP contribution in [0, 0.1) is 5.92 Å². The summed E-state index contributed by atoms with van der Waals surface area (Å²) in [5, 5.41) is 0.173. The third-order valence-corrected chi connectivity index (χ3v) is 6.84. The van der Waals surface area contributed by atoms with Crippen LogP contribution in [-0.2, 0) is 16.0 Å². The van der Waals surface area contributed by atoms with Crippen molar-refractivity contribution in [1.29, 1.82) is 0 Å². The predicted octanol–water partition coefficient (Wildman–Crippen LogP) is 4.07. The Morgan fingerprint density at radius 1 is 1.19 bits per heavy atom. The largest absolute Gasteiger partial charge is 0.496 e. The number of methoxy groups -OCH3 is 1. The highest BCUT2D eigenvalue weighted by atomic mass is 32.2. The standard InChI is InChI=1S/C21H29NO3S/c1-25-19-10-6-5-9-17(19)11-12-21-22(13-14-26-21)20(24)15-18(23)16-7-3-2-4-8-16/h5-6,9-10,16,21H,2-4,7-8,11-15H2,1H3/t21-/m1/s1. The minimum Gasteiger partial charge on any atom is -0.496 e. The molecule has 1 saturated carbocycles. The Morgan fingerprint density at radius 2 is 1.96 bits per heavy atom. The van der Waals surface area contributed by atoms with Gasteiger partial charge in [-0.15, -0.1) is 11.8 Å². The van der Waals surface area contributed by atoms with Gasteiger partial charge in [0.15, 0.2) is 0 Å². The molecule has 0 spiro atoms. The number of nitrogens with zero attached hydrogens (tertiary/aromatic N) is 1. The number of thioether (sulfide) groups is 1. The van der Waals surface area contributed by atoms with Crippen molar-refractivity contribution in [2.45, 2.75) is 56.7 Å². The number of hydrogen-bond acceptors (Lipinski definition) is 4. The van der Waals surface area contributed by atoms with E-state index in [1.807, 2.05) is 34.9 Å². The summed E-state index contributed by atoms with van der Waals surface area (Å²) in [4.78, 5) is 27.1. The summed E-state index contributed by atoms with van der Waals surface area (Å²) in [6, 6.07) is 8.05. The number of para-hydroxylation sites is 1. The lowest BCUT2D eigenvalue weighted by molar-refractivity contribution is -0.137. The zero-order chi connectivity index (χ0) is 18.4. The van der Waals surface area contributed by atoms with Crippen molar-refractivity contribution in [1.82, 2.24) is 4.90 Å². The van der Waals surface area contributed by atoms with Gasteiger partial charge in [0.05, 0.1) is 18.9 Å². The van der Waals surface area contributed by atoms with Gasteiger partial charge in [0.2, 0.25) is 5.91 Å². The van der Waals surface area contributed by atoms with E-state index >= 15 is 0 Å². The SMILES string of the molecule is COc1ccccc1CC[C@H]1SCCN1C(=O)CC(=O)C1CCCCC1. The van der Waals surface area contributed by atoms with E-state index < -0.39 is 0 Å². The van der Waals surface area contributed by atoms with Gasteiger partial charge in [-0.1, -0.05) is 37.5 Å². The molecule has 0 bridgehead atoms. The summed E-state index contributed by atoms with van der Waals surface area (Å²) in [5.74, 6) is 2.17. The Morgan fingerprint density at radius 3 is 2.73 bits per heavy atom. The van der Waals surface area contributed by atoms with E-state index in [0.717, 1.165) is 56.6 Å². The van der Waals surface area contributed by atoms with Crippen molar-refractivity contribution < 1.29 is 14.3 Å². The van der Waals surface area contributed by atoms with Gasteiger partial charge in [0.25, 0.3) is 0 Å². The average Bonchev–Trinajstić information content (AvgIpc) is 3.16. The summed E-state index contributed by atoms with van der Waals surface area (Å²) in [6.45, 7) is 0.762. The van der Waals surface area contributed by atoms with Gasteiger partial charge in [0.1, 0.15) is 11.5 Å². The Hall–Kier alpha value is -1.49. The van der Waals surface area contributed by atoms with Gasteiger partial charge in [-0.3, -0.25) is 9.59 Å². The van der Waals surface area contributed by atoms with E-state index in [4.69, 9.17) is 4.74 Å². The van der Waals surface area contributed by atoms with Crippen LogP contribution >= 0.6 is 11.8 Å². The monoisotopic (exact) mass is 375 g/mol. The molecule has 0 N–H and O–H groups in total. The fourth-order valence-electron chi connectivity index (χ4n) is 4.05. The quantitative estimate of drug-likeness (QED) is 0.674. The van der Waals surface area contributed by atoms with Crippen molar-refractivity contribution in [2.24, 2.45) is 5.92 Å². The molecule has 2 fully saturated rings. The van der Waals surface area contributed by atoms with Crippen molar-refractivity contribution >= 4 is 23.5 Å². The lowest BCUT2D eigenvalue weighted by Gasteiger charge is -2.25. The first-order valence-electron chi connectivity index (χ1n) is 9.74. The number of carbonyl (C=O) groups is 2. The molecular formula is C21H29NO3S. The van der Waals surface area contributed by atoms with E-state index in [1.54, 1.807) is 7.11 Å². The molecular weight excluding hydrogens is 346 g/mol. The van der Waals surface area contributed by atoms with Gasteiger partial charge in [-0.05, 0) is 37.3 Å². The molecule has 1 aromatic rings. The molecule has 0 unspecified atom stereocenters. The van der Waals surface area contributed by atoms with Crippen LogP contribution in [0.1, 0.15) is 50.5 Å². The maximum Gasteiger partial charge on any atom is 0.230 e. The molecule has 3 rings (SSSR count). The molecule has 1 saturated heterocycles. The molecule has 1 atom stereocenters. The summed E-state index contributed by atoms with van der Waals surface area (Å²) < 4.78 is 5.42. The second-order valence-electron chi connectivity index (χ2n) is 7.24. The van der Waals surface area contributed by atoms with E-state index in [0.29, 0.717) is 0 Å². The Balaban J connectivity index is 1.53. The van der Waals surface area contributed by atoms with Gasteiger partial charge < -0.3 is 9.64 Å². The average molecular weight is 376 g/mol. The molecule has 1 heterocycles. The van der Waals surface area contributed by atoms with E-state index in [2.05, 4.69) is 6.07 Å². The number of carbonyl (C=O) groups excluding carboxylic acids is 2. The van der Waals surface area contributed by atoms with Gasteiger partial charge in [-0.25, -0.2) is 0 Å². The first-order chi connectivity index (χ1) is 12.7. The number of rotatable bonds is 7. The van der Waals surface area contributed by atoms with Gasteiger partial charge >= 0.3 is 0 Å². The van der Waals surface area contributed by atoms with Crippen molar-refractivity contribution in [3.63, 3.8) is 0 Å². The van der Waals surface area contributed by atoms with Gasteiger partial charge in [0, 0.05) is 18.2 Å². The molecule has 0 radical (unpaired) electrons. The smallest absolute Gasteiger partial charge is 0.230 e. The lowest BCUT2D eigenvalue weighted by atomic mass is 9.85. The maximum absolute atomic E-state index is 12.7. The number of ether oxygens (including phenoxy) is 1. The summed E-state index contributed by atoms with van der Waals surface area (Å²) in [6.07, 6.45) is 7.30. The van der Waals surface area contributed by atoms with Crippen molar-refractivity contribution in [3.05, 3.63) is 29.8 Å². The van der Waals surface area contributed by atoms with Crippen LogP contribution in [-0.4, -0.2) is 41.4 Å². The highest BCUT2D eigenvalue weighted by Crippen LogP contribution is 2.31. The first kappa shape index (κ1) is 19.3. The Bertz CT molecular complexity index is 627. The molecule has 1 aromatic carbocycles.